The highest BCUT2D eigenvalue weighted by atomic mass is 79.9. The summed E-state index contributed by atoms with van der Waals surface area (Å²) in [6.07, 6.45) is 0. The molecule has 0 bridgehead atoms. The van der Waals surface area contributed by atoms with E-state index in [1.165, 1.54) is 23.1 Å². The molecule has 2 aromatic carbocycles. The smallest absolute Gasteiger partial charge is 0.235 e. The molecule has 0 atom stereocenters. The summed E-state index contributed by atoms with van der Waals surface area (Å²) < 4.78 is 2.85. The zero-order valence-electron chi connectivity index (χ0n) is 17.3. The molecule has 9 heteroatoms. The van der Waals surface area contributed by atoms with Gasteiger partial charge in [0.05, 0.1) is 11.3 Å². The van der Waals surface area contributed by atoms with E-state index in [1.807, 2.05) is 73.0 Å². The lowest BCUT2D eigenvalue weighted by Crippen LogP contribution is -2.14. The van der Waals surface area contributed by atoms with E-state index in [4.69, 9.17) is 0 Å². The van der Waals surface area contributed by atoms with E-state index in [9.17, 15) is 10.1 Å². The van der Waals surface area contributed by atoms with Crippen LogP contribution in [0.3, 0.4) is 0 Å². The van der Waals surface area contributed by atoms with Gasteiger partial charge in [-0.25, -0.2) is 0 Å². The second-order valence-electron chi connectivity index (χ2n) is 6.89. The van der Waals surface area contributed by atoms with Crippen LogP contribution in [-0.2, 0) is 4.79 Å². The van der Waals surface area contributed by atoms with Gasteiger partial charge in [-0.3, -0.25) is 9.36 Å². The first-order chi connectivity index (χ1) is 15.5. The minimum Gasteiger partial charge on any atom is -0.316 e. The number of nitrogens with zero attached hydrogens (tertiary/aromatic N) is 4. The van der Waals surface area contributed by atoms with Gasteiger partial charge in [0.25, 0.3) is 0 Å². The Labute approximate surface area is 202 Å². The van der Waals surface area contributed by atoms with Crippen molar-refractivity contribution in [3.8, 4) is 23.1 Å². The van der Waals surface area contributed by atoms with Crippen LogP contribution in [0.2, 0.25) is 0 Å². The number of amides is 1. The van der Waals surface area contributed by atoms with E-state index in [0.29, 0.717) is 21.5 Å². The van der Waals surface area contributed by atoms with Crippen LogP contribution in [0.15, 0.2) is 64.2 Å². The molecule has 2 heterocycles. The second kappa shape index (κ2) is 9.69. The number of nitrogens with one attached hydrogen (secondary N) is 1. The lowest BCUT2D eigenvalue weighted by atomic mass is 10.2. The molecule has 1 N–H and O–H groups in total. The number of hydrogen-bond acceptors (Lipinski definition) is 6. The molecular weight excluding hydrogens is 506 g/mol. The normalized spacial score (nSPS) is 10.7. The van der Waals surface area contributed by atoms with E-state index < -0.39 is 0 Å². The molecule has 0 aliphatic carbocycles. The molecule has 4 aromatic rings. The van der Waals surface area contributed by atoms with Crippen LogP contribution in [0.4, 0.5) is 5.00 Å². The molecule has 0 saturated heterocycles. The average Bonchev–Trinajstić information content (AvgIpc) is 3.33. The number of anilines is 1. The molecule has 4 rings (SSSR count). The Morgan fingerprint density at radius 1 is 1.16 bits per heavy atom. The molecule has 0 saturated carbocycles. The molecule has 0 aliphatic rings. The van der Waals surface area contributed by atoms with Crippen LogP contribution < -0.4 is 5.32 Å². The Kier molecular flexibility index (Phi) is 6.74. The summed E-state index contributed by atoms with van der Waals surface area (Å²) in [5, 5.41) is 22.3. The fourth-order valence-electron chi connectivity index (χ4n) is 3.13. The summed E-state index contributed by atoms with van der Waals surface area (Å²) >= 11 is 6.31. The van der Waals surface area contributed by atoms with Crippen LogP contribution in [0.5, 0.6) is 0 Å². The van der Waals surface area contributed by atoms with Gasteiger partial charge < -0.3 is 5.32 Å². The topological polar surface area (TPSA) is 83.6 Å². The second-order valence-corrected chi connectivity index (χ2v) is 9.91. The van der Waals surface area contributed by atoms with Crippen molar-refractivity contribution in [2.75, 3.05) is 11.1 Å². The molecule has 32 heavy (non-hydrogen) atoms. The van der Waals surface area contributed by atoms with Gasteiger partial charge in [-0.1, -0.05) is 64.1 Å². The molecule has 2 aromatic heterocycles. The highest BCUT2D eigenvalue weighted by molar-refractivity contribution is 9.10. The Morgan fingerprint density at radius 2 is 1.88 bits per heavy atom. The van der Waals surface area contributed by atoms with Gasteiger partial charge in [0.15, 0.2) is 11.0 Å². The van der Waals surface area contributed by atoms with Gasteiger partial charge in [-0.15, -0.1) is 21.5 Å². The number of hydrogen-bond donors (Lipinski definition) is 1. The molecule has 0 radical (unpaired) electrons. The maximum absolute atomic E-state index is 12.7. The molecule has 0 spiro atoms. The number of aryl methyl sites for hydroxylation is 1. The number of thiophene rings is 1. The highest BCUT2D eigenvalue weighted by Gasteiger charge is 2.20. The highest BCUT2D eigenvalue weighted by Crippen LogP contribution is 2.33. The van der Waals surface area contributed by atoms with Crippen LogP contribution in [-0.4, -0.2) is 26.4 Å². The third-order valence-electron chi connectivity index (χ3n) is 4.84. The van der Waals surface area contributed by atoms with Gasteiger partial charge >= 0.3 is 0 Å². The number of benzene rings is 2. The number of thioether (sulfide) groups is 1. The number of carbonyl (C=O) groups is 1. The maximum Gasteiger partial charge on any atom is 0.235 e. The average molecular weight is 524 g/mol. The van der Waals surface area contributed by atoms with Crippen LogP contribution in [0.25, 0.3) is 17.1 Å². The molecule has 0 fully saturated rings. The fourth-order valence-corrected chi connectivity index (χ4v) is 5.37. The summed E-state index contributed by atoms with van der Waals surface area (Å²) in [7, 11) is 0. The molecule has 160 valence electrons. The van der Waals surface area contributed by atoms with Crippen molar-refractivity contribution in [1.82, 2.24) is 14.8 Å². The van der Waals surface area contributed by atoms with Gasteiger partial charge in [0.1, 0.15) is 11.1 Å². The van der Waals surface area contributed by atoms with Crippen molar-refractivity contribution in [3.05, 3.63) is 75.1 Å². The maximum atomic E-state index is 12.7. The Morgan fingerprint density at radius 3 is 2.59 bits per heavy atom. The Bertz CT molecular complexity index is 1320. The van der Waals surface area contributed by atoms with Gasteiger partial charge in [0.2, 0.25) is 5.91 Å². The zero-order chi connectivity index (χ0) is 22.7. The third kappa shape index (κ3) is 4.48. The largest absolute Gasteiger partial charge is 0.316 e. The summed E-state index contributed by atoms with van der Waals surface area (Å²) in [4.78, 5) is 13.7. The van der Waals surface area contributed by atoms with Crippen molar-refractivity contribution in [1.29, 1.82) is 5.26 Å². The van der Waals surface area contributed by atoms with Crippen LogP contribution in [0, 0.1) is 25.2 Å². The zero-order valence-corrected chi connectivity index (χ0v) is 20.5. The SMILES string of the molecule is Cc1sc(NC(=O)CSc2nnc(-c3ccccc3Br)n2-c2ccccc2)c(C#N)c1C. The molecular formula is C23H18BrN5OS2. The minimum absolute atomic E-state index is 0.141. The minimum atomic E-state index is -0.196. The van der Waals surface area contributed by atoms with Gasteiger partial charge in [0, 0.05) is 20.6 Å². The van der Waals surface area contributed by atoms with E-state index in [-0.39, 0.29) is 11.7 Å². The lowest BCUT2D eigenvalue weighted by Gasteiger charge is -2.11. The van der Waals surface area contributed by atoms with Crippen molar-refractivity contribution < 1.29 is 4.79 Å². The van der Waals surface area contributed by atoms with Crippen LogP contribution >= 0.6 is 39.0 Å². The Hall–Kier alpha value is -2.93. The predicted octanol–water partition coefficient (Wildman–Crippen LogP) is 5.98. The van der Waals surface area contributed by atoms with Crippen molar-refractivity contribution in [2.24, 2.45) is 0 Å². The number of carbonyl (C=O) groups excluding carboxylic acids is 1. The molecule has 0 unspecified atom stereocenters. The fraction of sp³-hybridized carbons (Fsp3) is 0.130. The number of para-hydroxylation sites is 1. The van der Waals surface area contributed by atoms with Crippen molar-refractivity contribution in [2.45, 2.75) is 19.0 Å². The Balaban J connectivity index is 1.61. The molecule has 6 nitrogen and oxygen atoms in total. The van der Waals surface area contributed by atoms with E-state index in [1.54, 1.807) is 0 Å². The van der Waals surface area contributed by atoms with Crippen molar-refractivity contribution in [3.63, 3.8) is 0 Å². The summed E-state index contributed by atoms with van der Waals surface area (Å²) in [6, 6.07) is 19.8. The first-order valence-corrected chi connectivity index (χ1v) is 12.3. The number of halogens is 1. The number of aromatic nitrogens is 3. The van der Waals surface area contributed by atoms with E-state index in [0.717, 1.165) is 26.2 Å². The summed E-state index contributed by atoms with van der Waals surface area (Å²) in [5.41, 5.74) is 3.24. The number of nitriles is 1. The first kappa shape index (κ1) is 22.3. The van der Waals surface area contributed by atoms with Crippen molar-refractivity contribution >= 4 is 49.9 Å². The van der Waals surface area contributed by atoms with Crippen LogP contribution in [0.1, 0.15) is 16.0 Å². The predicted molar refractivity (Wildman–Crippen MR) is 132 cm³/mol. The lowest BCUT2D eigenvalue weighted by molar-refractivity contribution is -0.113. The number of rotatable bonds is 6. The summed E-state index contributed by atoms with van der Waals surface area (Å²) in [6.45, 7) is 3.83. The molecule has 1 amide bonds. The third-order valence-corrected chi connectivity index (χ3v) is 7.59. The van der Waals surface area contributed by atoms with Gasteiger partial charge in [-0.2, -0.15) is 5.26 Å². The summed E-state index contributed by atoms with van der Waals surface area (Å²) in [5.74, 6) is 0.627. The standard InChI is InChI=1S/C23H18BrN5OS2/c1-14-15(2)32-22(18(14)12-25)26-20(30)13-31-23-28-27-21(17-10-6-7-11-19(17)24)29(23)16-8-4-3-5-9-16/h3-11H,13H2,1-2H3,(H,26,30). The quantitative estimate of drug-likeness (QED) is 0.314. The van der Waals surface area contributed by atoms with Gasteiger partial charge in [-0.05, 0) is 37.6 Å². The molecule has 0 aliphatic heterocycles. The van der Waals surface area contributed by atoms with E-state index >= 15 is 0 Å². The van der Waals surface area contributed by atoms with E-state index in [2.05, 4.69) is 37.5 Å². The monoisotopic (exact) mass is 523 g/mol. The first-order valence-electron chi connectivity index (χ1n) is 9.68.